The second-order valence-electron chi connectivity index (χ2n) is 3.07. The van der Waals surface area contributed by atoms with Crippen LogP contribution in [0.15, 0.2) is 30.3 Å². The molecular weight excluding hydrogens is 246 g/mol. The van der Waals surface area contributed by atoms with Crippen LogP contribution in [0.4, 0.5) is 17.3 Å². The molecule has 0 spiro atoms. The van der Waals surface area contributed by atoms with Gasteiger partial charge in [0, 0.05) is 0 Å². The van der Waals surface area contributed by atoms with Gasteiger partial charge in [0.05, 0.1) is 11.6 Å². The summed E-state index contributed by atoms with van der Waals surface area (Å²) in [6.45, 7) is -3.19. The number of hydrogen-bond acceptors (Lipinski definition) is 1. The van der Waals surface area contributed by atoms with Gasteiger partial charge in [-0.25, -0.2) is 4.39 Å². The van der Waals surface area contributed by atoms with Gasteiger partial charge in [-0.2, -0.15) is 0 Å². The molecule has 1 aromatic rings. The third kappa shape index (κ3) is 3.16. The van der Waals surface area contributed by atoms with Crippen LogP contribution in [0.3, 0.4) is 0 Å². The summed E-state index contributed by atoms with van der Waals surface area (Å²) < 4.78 is 54.1. The van der Waals surface area contributed by atoms with Crippen LogP contribution in [0.2, 0.25) is 5.02 Å². The van der Waals surface area contributed by atoms with Crippen LogP contribution in [0, 0.1) is 5.82 Å². The van der Waals surface area contributed by atoms with E-state index >= 15 is 0 Å². The molecule has 0 amide bonds. The van der Waals surface area contributed by atoms with E-state index in [0.717, 1.165) is 6.07 Å². The first-order valence-electron chi connectivity index (χ1n) is 4.27. The fourth-order valence-corrected chi connectivity index (χ4v) is 1.10. The van der Waals surface area contributed by atoms with Crippen LogP contribution >= 0.6 is 11.6 Å². The summed E-state index contributed by atoms with van der Waals surface area (Å²) in [5, 5.41) is -0.0810. The Morgan fingerprint density at radius 2 is 2.00 bits per heavy atom. The molecule has 0 N–H and O–H groups in total. The molecular formula is C9H7BClF4O-. The normalized spacial score (nSPS) is 11.3. The number of hydrogen-bond donors (Lipinski definition) is 0. The molecule has 0 fully saturated rings. The predicted octanol–water partition coefficient (Wildman–Crippen LogP) is 3.80. The fourth-order valence-electron chi connectivity index (χ4n) is 0.880. The van der Waals surface area contributed by atoms with Crippen molar-refractivity contribution in [1.82, 2.24) is 0 Å². The number of ether oxygens (including phenoxy) is 1. The van der Waals surface area contributed by atoms with Gasteiger partial charge in [0.25, 0.3) is 0 Å². The largest absolute Gasteiger partial charge is 0.508 e. The van der Waals surface area contributed by atoms with E-state index in [-0.39, 0.29) is 5.02 Å². The molecule has 0 aromatic heterocycles. The lowest BCUT2D eigenvalue weighted by Gasteiger charge is -2.18. The Bertz CT molecular complexity index is 385. The van der Waals surface area contributed by atoms with E-state index in [4.69, 9.17) is 11.6 Å². The monoisotopic (exact) mass is 253 g/mol. The molecule has 0 saturated heterocycles. The van der Waals surface area contributed by atoms with Gasteiger partial charge in [0.1, 0.15) is 0 Å². The molecule has 0 aliphatic heterocycles. The highest BCUT2D eigenvalue weighted by Crippen LogP contribution is 2.28. The van der Waals surface area contributed by atoms with Gasteiger partial charge < -0.3 is 17.7 Å². The quantitative estimate of drug-likeness (QED) is 0.586. The molecule has 0 heterocycles. The number of halogens is 5. The molecule has 0 atom stereocenters. The average Bonchev–Trinajstić information content (AvgIpc) is 2.15. The number of rotatable bonds is 4. The van der Waals surface area contributed by atoms with E-state index in [1.54, 1.807) is 0 Å². The second kappa shape index (κ2) is 4.78. The molecule has 0 aliphatic carbocycles. The summed E-state index contributed by atoms with van der Waals surface area (Å²) in [6, 6.07) is 3.69. The van der Waals surface area contributed by atoms with E-state index in [0.29, 0.717) is 0 Å². The molecule has 0 radical (unpaired) electrons. The smallest absolute Gasteiger partial charge is 0.488 e. The van der Waals surface area contributed by atoms with Gasteiger partial charge in [-0.1, -0.05) is 17.7 Å². The minimum absolute atomic E-state index is 0.0810. The highest BCUT2D eigenvalue weighted by atomic mass is 35.5. The van der Waals surface area contributed by atoms with Gasteiger partial charge in [-0.05, 0) is 12.1 Å². The Kier molecular flexibility index (Phi) is 3.85. The molecule has 16 heavy (non-hydrogen) atoms. The summed E-state index contributed by atoms with van der Waals surface area (Å²) in [7, 11) is 0. The van der Waals surface area contributed by atoms with E-state index in [1.165, 1.54) is 12.1 Å². The van der Waals surface area contributed by atoms with Crippen LogP contribution in [0.1, 0.15) is 0 Å². The highest BCUT2D eigenvalue weighted by Gasteiger charge is 2.27. The molecule has 0 bridgehead atoms. The zero-order valence-corrected chi connectivity index (χ0v) is 8.78. The highest BCUT2D eigenvalue weighted by molar-refractivity contribution is 6.66. The van der Waals surface area contributed by atoms with E-state index in [9.17, 15) is 17.3 Å². The molecule has 7 heteroatoms. The van der Waals surface area contributed by atoms with Crippen molar-refractivity contribution in [1.29, 1.82) is 0 Å². The Morgan fingerprint density at radius 1 is 1.38 bits per heavy atom. The van der Waals surface area contributed by atoms with Crippen molar-refractivity contribution in [3.05, 3.63) is 41.1 Å². The fraction of sp³-hybridized carbons (Fsp3) is 0.111. The van der Waals surface area contributed by atoms with E-state index in [1.807, 2.05) is 0 Å². The van der Waals surface area contributed by atoms with Gasteiger partial charge >= 0.3 is 6.98 Å². The summed E-state index contributed by atoms with van der Waals surface area (Å²) in [4.78, 5) is 0. The molecule has 0 aliphatic rings. The summed E-state index contributed by atoms with van der Waals surface area (Å²) in [6.07, 6.45) is 0. The molecule has 1 aromatic carbocycles. The van der Waals surface area contributed by atoms with Gasteiger partial charge in [0.2, 0.25) is 0 Å². The van der Waals surface area contributed by atoms with Crippen LogP contribution in [0.5, 0.6) is 5.75 Å². The van der Waals surface area contributed by atoms with Gasteiger partial charge in [0.15, 0.2) is 11.6 Å². The third-order valence-corrected chi connectivity index (χ3v) is 2.08. The minimum Gasteiger partial charge on any atom is -0.488 e. The maximum absolute atomic E-state index is 13.1. The number of benzene rings is 1. The molecule has 1 rings (SSSR count). The topological polar surface area (TPSA) is 9.23 Å². The van der Waals surface area contributed by atoms with Crippen molar-refractivity contribution in [3.8, 4) is 5.75 Å². The SMILES string of the molecule is C=C(COc1c(F)cccc1Cl)[B-](F)(F)F. The second-order valence-corrected chi connectivity index (χ2v) is 3.48. The first-order chi connectivity index (χ1) is 7.32. The van der Waals surface area contributed by atoms with E-state index < -0.39 is 30.6 Å². The van der Waals surface area contributed by atoms with Crippen LogP contribution < -0.4 is 4.74 Å². The predicted molar refractivity (Wildman–Crippen MR) is 55.1 cm³/mol. The Labute approximate surface area is 94.7 Å². The zero-order valence-electron chi connectivity index (χ0n) is 8.02. The summed E-state index contributed by atoms with van der Waals surface area (Å²) >= 11 is 5.56. The Hall–Kier alpha value is -1.17. The molecule has 0 saturated carbocycles. The van der Waals surface area contributed by atoms with Gasteiger partial charge in [-0.3, -0.25) is 0 Å². The lowest BCUT2D eigenvalue weighted by atomic mass is 9.81. The lowest BCUT2D eigenvalue weighted by Crippen LogP contribution is -2.23. The van der Waals surface area contributed by atoms with Crippen molar-refractivity contribution in [2.45, 2.75) is 0 Å². The maximum atomic E-state index is 13.1. The Balaban J connectivity index is 2.73. The summed E-state index contributed by atoms with van der Waals surface area (Å²) in [5.74, 6) is -1.21. The van der Waals surface area contributed by atoms with E-state index in [2.05, 4.69) is 11.3 Å². The zero-order chi connectivity index (χ0) is 12.3. The van der Waals surface area contributed by atoms with Crippen molar-refractivity contribution < 1.29 is 22.1 Å². The Morgan fingerprint density at radius 3 is 2.50 bits per heavy atom. The third-order valence-electron chi connectivity index (χ3n) is 1.78. The van der Waals surface area contributed by atoms with Crippen molar-refractivity contribution in [3.63, 3.8) is 0 Å². The lowest BCUT2D eigenvalue weighted by molar-refractivity contribution is 0.329. The minimum atomic E-state index is -5.18. The first kappa shape index (κ1) is 12.9. The molecule has 88 valence electrons. The van der Waals surface area contributed by atoms with Crippen molar-refractivity contribution in [2.24, 2.45) is 0 Å². The maximum Gasteiger partial charge on any atom is 0.508 e. The van der Waals surface area contributed by atoms with Crippen LogP contribution in [-0.4, -0.2) is 13.6 Å². The van der Waals surface area contributed by atoms with Gasteiger partial charge in [-0.15, -0.1) is 12.1 Å². The first-order valence-corrected chi connectivity index (χ1v) is 4.64. The average molecular weight is 253 g/mol. The van der Waals surface area contributed by atoms with Crippen molar-refractivity contribution >= 4 is 18.6 Å². The standard InChI is InChI=1S/C9H7BClF4O/c1-6(10(13,14)15)5-16-9-7(11)3-2-4-8(9)12/h2-4H,1,5H2/q-1. The van der Waals surface area contributed by atoms with Crippen LogP contribution in [0.25, 0.3) is 0 Å². The molecule has 1 nitrogen and oxygen atoms in total. The number of para-hydroxylation sites is 1. The summed E-state index contributed by atoms with van der Waals surface area (Å²) in [5.41, 5.74) is -1.04. The molecule has 0 unspecified atom stereocenters. The van der Waals surface area contributed by atoms with Crippen LogP contribution in [-0.2, 0) is 0 Å². The van der Waals surface area contributed by atoms with Crippen molar-refractivity contribution in [2.75, 3.05) is 6.61 Å².